The SMILES string of the molecule is CC1CN(c2ccc(F)cc2C=O)C(C)CO1. The maximum Gasteiger partial charge on any atom is 0.152 e. The molecule has 0 amide bonds. The first-order valence-electron chi connectivity index (χ1n) is 5.75. The first kappa shape index (κ1) is 12.0. The van der Waals surface area contributed by atoms with Crippen LogP contribution < -0.4 is 4.90 Å². The molecular formula is C13H16FNO2. The van der Waals surface area contributed by atoms with Gasteiger partial charge in [0.05, 0.1) is 12.7 Å². The Hall–Kier alpha value is -1.42. The van der Waals surface area contributed by atoms with Crippen LogP contribution in [-0.4, -0.2) is 31.6 Å². The minimum absolute atomic E-state index is 0.121. The molecule has 2 atom stereocenters. The van der Waals surface area contributed by atoms with E-state index in [2.05, 4.69) is 4.90 Å². The van der Waals surface area contributed by atoms with Gasteiger partial charge in [0.15, 0.2) is 6.29 Å². The molecule has 1 saturated heterocycles. The third-order valence-electron chi connectivity index (χ3n) is 3.03. The van der Waals surface area contributed by atoms with Gasteiger partial charge in [0, 0.05) is 23.8 Å². The van der Waals surface area contributed by atoms with Crippen LogP contribution in [0.4, 0.5) is 10.1 Å². The number of carbonyl (C=O) groups is 1. The predicted molar refractivity (Wildman–Crippen MR) is 64.0 cm³/mol. The highest BCUT2D eigenvalue weighted by Gasteiger charge is 2.25. The van der Waals surface area contributed by atoms with Crippen LogP contribution in [0, 0.1) is 5.82 Å². The third-order valence-corrected chi connectivity index (χ3v) is 3.03. The molecule has 2 unspecified atom stereocenters. The largest absolute Gasteiger partial charge is 0.375 e. The molecule has 1 aromatic rings. The molecule has 0 spiro atoms. The van der Waals surface area contributed by atoms with Gasteiger partial charge < -0.3 is 9.64 Å². The van der Waals surface area contributed by atoms with E-state index < -0.39 is 0 Å². The molecule has 2 rings (SSSR count). The fourth-order valence-electron chi connectivity index (χ4n) is 2.12. The van der Waals surface area contributed by atoms with Gasteiger partial charge in [-0.1, -0.05) is 0 Å². The summed E-state index contributed by atoms with van der Waals surface area (Å²) in [5.41, 5.74) is 1.18. The fraction of sp³-hybridized carbons (Fsp3) is 0.462. The fourth-order valence-corrected chi connectivity index (χ4v) is 2.12. The Morgan fingerprint density at radius 3 is 2.94 bits per heavy atom. The highest BCUT2D eigenvalue weighted by atomic mass is 19.1. The first-order chi connectivity index (χ1) is 8.11. The topological polar surface area (TPSA) is 29.5 Å². The number of hydrogen-bond acceptors (Lipinski definition) is 3. The Labute approximate surface area is 100 Å². The summed E-state index contributed by atoms with van der Waals surface area (Å²) in [4.78, 5) is 13.1. The summed E-state index contributed by atoms with van der Waals surface area (Å²) in [5.74, 6) is -0.384. The van der Waals surface area contributed by atoms with Crippen molar-refractivity contribution in [3.8, 4) is 0 Å². The lowest BCUT2D eigenvalue weighted by Gasteiger charge is -2.39. The van der Waals surface area contributed by atoms with E-state index in [-0.39, 0.29) is 18.0 Å². The number of ether oxygens (including phenoxy) is 1. The minimum atomic E-state index is -0.384. The molecule has 92 valence electrons. The molecule has 1 aliphatic rings. The molecule has 0 bridgehead atoms. The number of benzene rings is 1. The van der Waals surface area contributed by atoms with E-state index >= 15 is 0 Å². The van der Waals surface area contributed by atoms with Crippen LogP contribution in [0.2, 0.25) is 0 Å². The summed E-state index contributed by atoms with van der Waals surface area (Å²) in [6.45, 7) is 5.36. The summed E-state index contributed by atoms with van der Waals surface area (Å²) in [7, 11) is 0. The number of halogens is 1. The number of morpholine rings is 1. The molecule has 0 aromatic heterocycles. The molecule has 1 aliphatic heterocycles. The number of anilines is 1. The van der Waals surface area contributed by atoms with Crippen molar-refractivity contribution in [3.05, 3.63) is 29.6 Å². The van der Waals surface area contributed by atoms with E-state index in [0.717, 1.165) is 5.69 Å². The molecule has 0 saturated carbocycles. The Bertz CT molecular complexity index is 422. The number of hydrogen-bond donors (Lipinski definition) is 0. The number of aldehydes is 1. The zero-order valence-electron chi connectivity index (χ0n) is 10.0. The summed E-state index contributed by atoms with van der Waals surface area (Å²) in [5, 5.41) is 0. The average molecular weight is 237 g/mol. The Balaban J connectivity index is 2.34. The van der Waals surface area contributed by atoms with Crippen LogP contribution in [0.25, 0.3) is 0 Å². The van der Waals surface area contributed by atoms with Gasteiger partial charge in [-0.15, -0.1) is 0 Å². The Kier molecular flexibility index (Phi) is 3.43. The van der Waals surface area contributed by atoms with Crippen LogP contribution in [0.3, 0.4) is 0 Å². The highest BCUT2D eigenvalue weighted by Crippen LogP contribution is 2.25. The second kappa shape index (κ2) is 4.84. The van der Waals surface area contributed by atoms with Gasteiger partial charge in [0.2, 0.25) is 0 Å². The van der Waals surface area contributed by atoms with Crippen molar-refractivity contribution in [1.82, 2.24) is 0 Å². The van der Waals surface area contributed by atoms with Crippen LogP contribution in [0.1, 0.15) is 24.2 Å². The molecule has 0 N–H and O–H groups in total. The smallest absolute Gasteiger partial charge is 0.152 e. The molecule has 0 radical (unpaired) electrons. The van der Waals surface area contributed by atoms with Crippen molar-refractivity contribution < 1.29 is 13.9 Å². The molecule has 1 heterocycles. The van der Waals surface area contributed by atoms with E-state index in [1.54, 1.807) is 6.07 Å². The summed E-state index contributed by atoms with van der Waals surface area (Å²) < 4.78 is 18.6. The van der Waals surface area contributed by atoms with Gasteiger partial charge in [-0.3, -0.25) is 4.79 Å². The standard InChI is InChI=1S/C13H16FNO2/c1-9-8-17-10(2)6-15(9)13-4-3-12(14)5-11(13)7-16/h3-5,7,9-10H,6,8H2,1-2H3. The van der Waals surface area contributed by atoms with Crippen molar-refractivity contribution in [2.24, 2.45) is 0 Å². The minimum Gasteiger partial charge on any atom is -0.375 e. The lowest BCUT2D eigenvalue weighted by Crippen LogP contribution is -2.47. The Morgan fingerprint density at radius 1 is 1.47 bits per heavy atom. The van der Waals surface area contributed by atoms with Crippen molar-refractivity contribution in [3.63, 3.8) is 0 Å². The van der Waals surface area contributed by atoms with Crippen molar-refractivity contribution in [1.29, 1.82) is 0 Å². The van der Waals surface area contributed by atoms with Crippen molar-refractivity contribution in [2.45, 2.75) is 26.0 Å². The van der Waals surface area contributed by atoms with Gasteiger partial charge in [0.1, 0.15) is 5.82 Å². The lowest BCUT2D eigenvalue weighted by atomic mass is 10.1. The number of nitrogens with zero attached hydrogens (tertiary/aromatic N) is 1. The van der Waals surface area contributed by atoms with Gasteiger partial charge in [0.25, 0.3) is 0 Å². The lowest BCUT2D eigenvalue weighted by molar-refractivity contribution is 0.0343. The molecule has 17 heavy (non-hydrogen) atoms. The monoisotopic (exact) mass is 237 g/mol. The van der Waals surface area contributed by atoms with Gasteiger partial charge >= 0.3 is 0 Å². The van der Waals surface area contributed by atoms with Crippen molar-refractivity contribution >= 4 is 12.0 Å². The van der Waals surface area contributed by atoms with Crippen LogP contribution in [0.15, 0.2) is 18.2 Å². The van der Waals surface area contributed by atoms with Crippen LogP contribution >= 0.6 is 0 Å². The van der Waals surface area contributed by atoms with Gasteiger partial charge in [-0.05, 0) is 32.0 Å². The van der Waals surface area contributed by atoms with Crippen LogP contribution in [-0.2, 0) is 4.74 Å². The highest BCUT2D eigenvalue weighted by molar-refractivity contribution is 5.84. The zero-order valence-corrected chi connectivity index (χ0v) is 10.0. The second-order valence-electron chi connectivity index (χ2n) is 4.47. The van der Waals surface area contributed by atoms with Crippen molar-refractivity contribution in [2.75, 3.05) is 18.1 Å². The van der Waals surface area contributed by atoms with E-state index in [4.69, 9.17) is 4.74 Å². The second-order valence-corrected chi connectivity index (χ2v) is 4.47. The number of carbonyl (C=O) groups excluding carboxylic acids is 1. The Morgan fingerprint density at radius 2 is 2.24 bits per heavy atom. The van der Waals surface area contributed by atoms with Gasteiger partial charge in [-0.2, -0.15) is 0 Å². The number of rotatable bonds is 2. The summed E-state index contributed by atoms with van der Waals surface area (Å²) >= 11 is 0. The summed E-state index contributed by atoms with van der Waals surface area (Å²) in [6.07, 6.45) is 0.821. The van der Waals surface area contributed by atoms with E-state index in [0.29, 0.717) is 25.0 Å². The molecule has 1 fully saturated rings. The van der Waals surface area contributed by atoms with E-state index in [1.165, 1.54) is 12.1 Å². The van der Waals surface area contributed by atoms with E-state index in [9.17, 15) is 9.18 Å². The maximum absolute atomic E-state index is 13.1. The zero-order chi connectivity index (χ0) is 12.4. The average Bonchev–Trinajstić information content (AvgIpc) is 2.32. The maximum atomic E-state index is 13.1. The van der Waals surface area contributed by atoms with Crippen LogP contribution in [0.5, 0.6) is 0 Å². The third kappa shape index (κ3) is 2.47. The molecule has 3 nitrogen and oxygen atoms in total. The van der Waals surface area contributed by atoms with E-state index in [1.807, 2.05) is 13.8 Å². The van der Waals surface area contributed by atoms with Gasteiger partial charge in [-0.25, -0.2) is 4.39 Å². The normalized spacial score (nSPS) is 24.8. The molecule has 4 heteroatoms. The first-order valence-corrected chi connectivity index (χ1v) is 5.75. The quantitative estimate of drug-likeness (QED) is 0.739. The summed E-state index contributed by atoms with van der Waals surface area (Å²) in [6, 6.07) is 4.51. The molecule has 1 aromatic carbocycles. The molecular weight excluding hydrogens is 221 g/mol. The molecule has 0 aliphatic carbocycles. The predicted octanol–water partition coefficient (Wildman–Crippen LogP) is 2.25.